The van der Waals surface area contributed by atoms with E-state index in [0.29, 0.717) is 12.2 Å². The molecule has 0 spiro atoms. The summed E-state index contributed by atoms with van der Waals surface area (Å²) in [6.45, 7) is 0.245. The van der Waals surface area contributed by atoms with E-state index in [1.807, 2.05) is 48.5 Å². The molecule has 0 atom stereocenters. The number of hydrogen-bond acceptors (Lipinski definition) is 3. The second-order valence-electron chi connectivity index (χ2n) is 4.28. The maximum absolute atomic E-state index is 11.9. The van der Waals surface area contributed by atoms with E-state index < -0.39 is 0 Å². The van der Waals surface area contributed by atoms with Gasteiger partial charge in [-0.1, -0.05) is 24.3 Å². The molecule has 1 aliphatic heterocycles. The van der Waals surface area contributed by atoms with Crippen LogP contribution >= 0.6 is 0 Å². The number of benzene rings is 2. The first-order valence-corrected chi connectivity index (χ1v) is 6.05. The van der Waals surface area contributed by atoms with Crippen molar-refractivity contribution in [2.75, 3.05) is 12.1 Å². The van der Waals surface area contributed by atoms with Crippen LogP contribution in [0.5, 0.6) is 11.5 Å². The molecule has 19 heavy (non-hydrogen) atoms. The zero-order valence-electron chi connectivity index (χ0n) is 10.3. The molecule has 0 radical (unpaired) electrons. The highest BCUT2D eigenvalue weighted by Crippen LogP contribution is 2.32. The normalized spacial score (nSPS) is 12.2. The molecule has 0 aliphatic carbocycles. The summed E-state index contributed by atoms with van der Waals surface area (Å²) in [6.07, 6.45) is 0.311. The lowest BCUT2D eigenvalue weighted by atomic mass is 10.1. The van der Waals surface area contributed by atoms with Gasteiger partial charge in [0.15, 0.2) is 11.5 Å². The summed E-state index contributed by atoms with van der Waals surface area (Å²) in [5, 5.41) is 2.85. The fraction of sp³-hybridized carbons (Fsp3) is 0.133. The van der Waals surface area contributed by atoms with Gasteiger partial charge in [-0.3, -0.25) is 4.79 Å². The molecule has 2 aromatic carbocycles. The summed E-state index contributed by atoms with van der Waals surface area (Å²) in [5.74, 6) is 1.38. The average Bonchev–Trinajstić information content (AvgIpc) is 2.87. The molecule has 3 rings (SSSR count). The highest BCUT2D eigenvalue weighted by Gasteiger charge is 2.14. The third-order valence-electron chi connectivity index (χ3n) is 2.86. The number of ether oxygens (including phenoxy) is 2. The van der Waals surface area contributed by atoms with Crippen LogP contribution in [0.3, 0.4) is 0 Å². The van der Waals surface area contributed by atoms with E-state index in [2.05, 4.69) is 5.32 Å². The second-order valence-corrected chi connectivity index (χ2v) is 4.28. The lowest BCUT2D eigenvalue weighted by Gasteiger charge is -2.05. The molecule has 4 heteroatoms. The molecule has 0 unspecified atom stereocenters. The van der Waals surface area contributed by atoms with Gasteiger partial charge in [-0.15, -0.1) is 0 Å². The Labute approximate surface area is 111 Å². The number of nitrogens with one attached hydrogen (secondary N) is 1. The molecule has 1 heterocycles. The van der Waals surface area contributed by atoms with Gasteiger partial charge in [0.05, 0.1) is 6.42 Å². The van der Waals surface area contributed by atoms with Crippen molar-refractivity contribution < 1.29 is 14.3 Å². The molecule has 0 saturated heterocycles. The van der Waals surface area contributed by atoms with Crippen molar-refractivity contribution in [2.45, 2.75) is 6.42 Å². The summed E-state index contributed by atoms with van der Waals surface area (Å²) in [4.78, 5) is 11.9. The Morgan fingerprint density at radius 3 is 2.68 bits per heavy atom. The van der Waals surface area contributed by atoms with Gasteiger partial charge in [-0.25, -0.2) is 0 Å². The van der Waals surface area contributed by atoms with Crippen molar-refractivity contribution in [3.63, 3.8) is 0 Å². The molecule has 1 amide bonds. The largest absolute Gasteiger partial charge is 0.454 e. The highest BCUT2D eigenvalue weighted by molar-refractivity contribution is 5.92. The van der Waals surface area contributed by atoms with Crippen LogP contribution in [-0.4, -0.2) is 12.7 Å². The third kappa shape index (κ3) is 2.68. The van der Waals surface area contributed by atoms with Gasteiger partial charge < -0.3 is 14.8 Å². The van der Waals surface area contributed by atoms with Crippen LogP contribution in [0.25, 0.3) is 0 Å². The molecular weight excluding hydrogens is 242 g/mol. The van der Waals surface area contributed by atoms with Gasteiger partial charge in [-0.05, 0) is 29.8 Å². The van der Waals surface area contributed by atoms with Gasteiger partial charge in [0.25, 0.3) is 0 Å². The van der Waals surface area contributed by atoms with Crippen molar-refractivity contribution in [3.05, 3.63) is 54.1 Å². The van der Waals surface area contributed by atoms with Gasteiger partial charge in [0, 0.05) is 5.69 Å². The summed E-state index contributed by atoms with van der Waals surface area (Å²) >= 11 is 0. The van der Waals surface area contributed by atoms with E-state index in [-0.39, 0.29) is 12.7 Å². The minimum absolute atomic E-state index is 0.0509. The van der Waals surface area contributed by atoms with Gasteiger partial charge >= 0.3 is 0 Å². The van der Waals surface area contributed by atoms with Crippen LogP contribution < -0.4 is 14.8 Å². The average molecular weight is 255 g/mol. The van der Waals surface area contributed by atoms with Crippen LogP contribution in [-0.2, 0) is 11.2 Å². The smallest absolute Gasteiger partial charge is 0.231 e. The monoisotopic (exact) mass is 255 g/mol. The zero-order valence-corrected chi connectivity index (χ0v) is 10.3. The maximum Gasteiger partial charge on any atom is 0.231 e. The number of amides is 1. The lowest BCUT2D eigenvalue weighted by molar-refractivity contribution is -0.115. The van der Waals surface area contributed by atoms with Crippen molar-refractivity contribution in [2.24, 2.45) is 0 Å². The highest BCUT2D eigenvalue weighted by atomic mass is 16.7. The molecular formula is C15H13NO3. The summed E-state index contributed by atoms with van der Waals surface area (Å²) in [6, 6.07) is 14.9. The van der Waals surface area contributed by atoms with Crippen molar-refractivity contribution in [1.29, 1.82) is 0 Å². The van der Waals surface area contributed by atoms with E-state index in [1.54, 1.807) is 0 Å². The molecule has 0 bridgehead atoms. The van der Waals surface area contributed by atoms with E-state index in [4.69, 9.17) is 9.47 Å². The molecule has 0 saturated carbocycles. The van der Waals surface area contributed by atoms with Crippen LogP contribution in [0.2, 0.25) is 0 Å². The van der Waals surface area contributed by atoms with Crippen LogP contribution in [0.1, 0.15) is 5.56 Å². The third-order valence-corrected chi connectivity index (χ3v) is 2.86. The van der Waals surface area contributed by atoms with Crippen LogP contribution in [0.4, 0.5) is 5.69 Å². The first-order chi connectivity index (χ1) is 9.31. The Balaban J connectivity index is 1.66. The lowest BCUT2D eigenvalue weighted by Crippen LogP contribution is -2.14. The summed E-state index contributed by atoms with van der Waals surface area (Å²) < 4.78 is 10.5. The quantitative estimate of drug-likeness (QED) is 0.917. The number of hydrogen-bond donors (Lipinski definition) is 1. The Kier molecular flexibility index (Phi) is 3.06. The zero-order chi connectivity index (χ0) is 13.1. The molecule has 4 nitrogen and oxygen atoms in total. The van der Waals surface area contributed by atoms with Gasteiger partial charge in [0.2, 0.25) is 12.7 Å². The standard InChI is InChI=1S/C15H13NO3/c17-15(16-12-4-2-1-3-5-12)9-11-6-7-13-14(8-11)19-10-18-13/h1-8H,9-10H2,(H,16,17). The van der Waals surface area contributed by atoms with E-state index in [1.165, 1.54) is 0 Å². The first-order valence-electron chi connectivity index (χ1n) is 6.05. The molecule has 1 aliphatic rings. The van der Waals surface area contributed by atoms with E-state index >= 15 is 0 Å². The summed E-state index contributed by atoms with van der Waals surface area (Å²) in [5.41, 5.74) is 1.70. The minimum Gasteiger partial charge on any atom is -0.454 e. The number of anilines is 1. The number of carbonyl (C=O) groups is 1. The van der Waals surface area contributed by atoms with Crippen molar-refractivity contribution in [3.8, 4) is 11.5 Å². The summed E-state index contributed by atoms with van der Waals surface area (Å²) in [7, 11) is 0. The molecule has 96 valence electrons. The Morgan fingerprint density at radius 1 is 1.05 bits per heavy atom. The van der Waals surface area contributed by atoms with Crippen LogP contribution in [0.15, 0.2) is 48.5 Å². The number of para-hydroxylation sites is 1. The fourth-order valence-corrected chi connectivity index (χ4v) is 1.96. The van der Waals surface area contributed by atoms with E-state index in [9.17, 15) is 4.79 Å². The second kappa shape index (κ2) is 5.02. The SMILES string of the molecule is O=C(Cc1ccc2c(c1)OCO2)Nc1ccccc1. The first kappa shape index (κ1) is 11.6. The Morgan fingerprint density at radius 2 is 1.84 bits per heavy atom. The molecule has 2 aromatic rings. The molecule has 1 N–H and O–H groups in total. The van der Waals surface area contributed by atoms with Crippen molar-refractivity contribution in [1.82, 2.24) is 0 Å². The Bertz CT molecular complexity index is 596. The molecule has 0 fully saturated rings. The number of rotatable bonds is 3. The van der Waals surface area contributed by atoms with Crippen molar-refractivity contribution >= 4 is 11.6 Å². The predicted octanol–water partition coefficient (Wildman–Crippen LogP) is 2.60. The fourth-order valence-electron chi connectivity index (χ4n) is 1.96. The Hall–Kier alpha value is -2.49. The topological polar surface area (TPSA) is 47.6 Å². The van der Waals surface area contributed by atoms with Crippen LogP contribution in [0, 0.1) is 0 Å². The van der Waals surface area contributed by atoms with Gasteiger partial charge in [0.1, 0.15) is 0 Å². The molecule has 0 aromatic heterocycles. The van der Waals surface area contributed by atoms with E-state index in [0.717, 1.165) is 17.0 Å². The predicted molar refractivity (Wildman–Crippen MR) is 71.3 cm³/mol. The number of carbonyl (C=O) groups excluding carboxylic acids is 1. The van der Waals surface area contributed by atoms with Gasteiger partial charge in [-0.2, -0.15) is 0 Å². The maximum atomic E-state index is 11.9. The minimum atomic E-state index is -0.0509. The number of fused-ring (bicyclic) bond motifs is 1.